The Morgan fingerprint density at radius 1 is 1.33 bits per heavy atom. The number of halogens is 1. The van der Waals surface area contributed by atoms with Crippen molar-refractivity contribution < 1.29 is 18.5 Å². The SMILES string of the molecule is CN(C(=O)CCS(=O)c1ccc2c(c1)OCCO2)C1CCNC1.Cl. The third-order valence-corrected chi connectivity index (χ3v) is 5.61. The molecule has 0 bridgehead atoms. The molecule has 24 heavy (non-hydrogen) atoms. The normalized spacial score (nSPS) is 20.1. The van der Waals surface area contributed by atoms with E-state index in [0.29, 0.717) is 35.4 Å². The Balaban J connectivity index is 0.00000208. The summed E-state index contributed by atoms with van der Waals surface area (Å²) in [6.07, 6.45) is 1.27. The van der Waals surface area contributed by atoms with Crippen LogP contribution in [0.4, 0.5) is 0 Å². The molecule has 3 rings (SSSR count). The van der Waals surface area contributed by atoms with Gasteiger partial charge in [0.1, 0.15) is 13.2 Å². The van der Waals surface area contributed by atoms with Gasteiger partial charge < -0.3 is 19.7 Å². The van der Waals surface area contributed by atoms with Crippen LogP contribution in [0.2, 0.25) is 0 Å². The summed E-state index contributed by atoms with van der Waals surface area (Å²) in [6.45, 7) is 2.83. The number of fused-ring (bicyclic) bond motifs is 1. The summed E-state index contributed by atoms with van der Waals surface area (Å²) < 4.78 is 23.4. The van der Waals surface area contributed by atoms with Gasteiger partial charge in [-0.2, -0.15) is 0 Å². The molecule has 0 saturated carbocycles. The van der Waals surface area contributed by atoms with Gasteiger partial charge in [0, 0.05) is 42.8 Å². The molecule has 2 aliphatic heterocycles. The first-order valence-corrected chi connectivity index (χ1v) is 9.21. The lowest BCUT2D eigenvalue weighted by atomic mass is 10.2. The zero-order chi connectivity index (χ0) is 16.2. The van der Waals surface area contributed by atoms with Crippen molar-refractivity contribution in [3.8, 4) is 11.5 Å². The molecule has 0 aromatic heterocycles. The van der Waals surface area contributed by atoms with Crippen molar-refractivity contribution in [2.24, 2.45) is 0 Å². The molecule has 1 fully saturated rings. The first-order chi connectivity index (χ1) is 11.1. The quantitative estimate of drug-likeness (QED) is 0.838. The van der Waals surface area contributed by atoms with Gasteiger partial charge >= 0.3 is 0 Å². The van der Waals surface area contributed by atoms with E-state index >= 15 is 0 Å². The van der Waals surface area contributed by atoms with Crippen LogP contribution in [0.1, 0.15) is 12.8 Å². The predicted molar refractivity (Wildman–Crippen MR) is 94.6 cm³/mol. The van der Waals surface area contributed by atoms with Gasteiger partial charge in [-0.3, -0.25) is 9.00 Å². The molecule has 0 spiro atoms. The second-order valence-electron chi connectivity index (χ2n) is 5.76. The average Bonchev–Trinajstić information content (AvgIpc) is 3.12. The number of carbonyl (C=O) groups is 1. The van der Waals surface area contributed by atoms with Gasteiger partial charge in [-0.15, -0.1) is 12.4 Å². The van der Waals surface area contributed by atoms with E-state index in [1.807, 2.05) is 7.05 Å². The van der Waals surface area contributed by atoms with Crippen LogP contribution in [-0.2, 0) is 15.6 Å². The molecule has 6 nitrogen and oxygen atoms in total. The zero-order valence-corrected chi connectivity index (χ0v) is 15.3. The number of likely N-dealkylation sites (N-methyl/N-ethyl adjacent to an activating group) is 1. The molecule has 1 N–H and O–H groups in total. The van der Waals surface area contributed by atoms with Crippen LogP contribution in [0.5, 0.6) is 11.5 Å². The molecular formula is C16H23ClN2O4S. The Hall–Kier alpha value is -1.31. The molecule has 1 aromatic carbocycles. The first kappa shape index (κ1) is 19.0. The van der Waals surface area contributed by atoms with Crippen molar-refractivity contribution >= 4 is 29.1 Å². The largest absolute Gasteiger partial charge is 0.486 e. The van der Waals surface area contributed by atoms with E-state index in [4.69, 9.17) is 9.47 Å². The van der Waals surface area contributed by atoms with Crippen molar-refractivity contribution in [3.05, 3.63) is 18.2 Å². The number of ether oxygens (including phenoxy) is 2. The highest BCUT2D eigenvalue weighted by Crippen LogP contribution is 2.31. The highest BCUT2D eigenvalue weighted by molar-refractivity contribution is 7.85. The van der Waals surface area contributed by atoms with Crippen LogP contribution in [0.15, 0.2) is 23.1 Å². The van der Waals surface area contributed by atoms with Crippen LogP contribution >= 0.6 is 12.4 Å². The molecule has 2 aliphatic rings. The molecule has 8 heteroatoms. The Kier molecular flexibility index (Phi) is 6.89. The van der Waals surface area contributed by atoms with Gasteiger partial charge in [0.15, 0.2) is 11.5 Å². The van der Waals surface area contributed by atoms with Gasteiger partial charge in [0.25, 0.3) is 0 Å². The molecule has 1 saturated heterocycles. The molecule has 1 amide bonds. The van der Waals surface area contributed by atoms with Crippen molar-refractivity contribution in [2.75, 3.05) is 39.1 Å². The van der Waals surface area contributed by atoms with E-state index in [0.717, 1.165) is 19.5 Å². The number of rotatable bonds is 5. The molecule has 0 aliphatic carbocycles. The van der Waals surface area contributed by atoms with Gasteiger partial charge in [0.2, 0.25) is 5.91 Å². The summed E-state index contributed by atoms with van der Waals surface area (Å²) >= 11 is 0. The van der Waals surface area contributed by atoms with E-state index < -0.39 is 10.8 Å². The monoisotopic (exact) mass is 374 g/mol. The van der Waals surface area contributed by atoms with E-state index in [1.54, 1.807) is 23.1 Å². The van der Waals surface area contributed by atoms with Crippen molar-refractivity contribution in [1.29, 1.82) is 0 Å². The summed E-state index contributed by atoms with van der Waals surface area (Å²) in [5.74, 6) is 1.68. The predicted octanol–water partition coefficient (Wildman–Crippen LogP) is 1.20. The highest BCUT2D eigenvalue weighted by Gasteiger charge is 2.23. The Morgan fingerprint density at radius 3 is 2.79 bits per heavy atom. The van der Waals surface area contributed by atoms with E-state index in [9.17, 15) is 9.00 Å². The number of amides is 1. The molecule has 2 atom stereocenters. The van der Waals surface area contributed by atoms with Crippen LogP contribution in [0.3, 0.4) is 0 Å². The summed E-state index contributed by atoms with van der Waals surface area (Å²) in [5, 5.41) is 3.25. The topological polar surface area (TPSA) is 67.9 Å². The van der Waals surface area contributed by atoms with Gasteiger partial charge in [-0.25, -0.2) is 0 Å². The number of carbonyl (C=O) groups excluding carboxylic acids is 1. The number of hydrogen-bond donors (Lipinski definition) is 1. The third-order valence-electron chi connectivity index (χ3n) is 4.25. The van der Waals surface area contributed by atoms with E-state index in [2.05, 4.69) is 5.32 Å². The highest BCUT2D eigenvalue weighted by atomic mass is 35.5. The minimum absolute atomic E-state index is 0. The minimum Gasteiger partial charge on any atom is -0.486 e. The fourth-order valence-electron chi connectivity index (χ4n) is 2.81. The fourth-order valence-corrected chi connectivity index (χ4v) is 3.87. The number of hydrogen-bond acceptors (Lipinski definition) is 5. The standard InChI is InChI=1S/C16H22N2O4S.ClH/c1-18(12-4-6-17-11-12)16(19)5-9-23(20)13-2-3-14-15(10-13)22-8-7-21-14;/h2-3,10,12,17H,4-9,11H2,1H3;1H. The smallest absolute Gasteiger partial charge is 0.223 e. The lowest BCUT2D eigenvalue weighted by Crippen LogP contribution is -2.38. The molecule has 2 heterocycles. The zero-order valence-electron chi connectivity index (χ0n) is 13.7. The fraction of sp³-hybridized carbons (Fsp3) is 0.562. The number of nitrogens with one attached hydrogen (secondary N) is 1. The van der Waals surface area contributed by atoms with Crippen molar-refractivity contribution in [3.63, 3.8) is 0 Å². The van der Waals surface area contributed by atoms with Crippen molar-refractivity contribution in [2.45, 2.75) is 23.8 Å². The summed E-state index contributed by atoms with van der Waals surface area (Å²) in [6, 6.07) is 5.56. The van der Waals surface area contributed by atoms with Crippen LogP contribution in [-0.4, -0.2) is 60.2 Å². The Morgan fingerprint density at radius 2 is 2.08 bits per heavy atom. The van der Waals surface area contributed by atoms with Crippen LogP contribution < -0.4 is 14.8 Å². The summed E-state index contributed by atoms with van der Waals surface area (Å²) in [4.78, 5) is 14.7. The van der Waals surface area contributed by atoms with Crippen molar-refractivity contribution in [1.82, 2.24) is 10.2 Å². The second kappa shape index (κ2) is 8.69. The first-order valence-electron chi connectivity index (χ1n) is 7.89. The molecule has 1 aromatic rings. The van der Waals surface area contributed by atoms with E-state index in [-0.39, 0.29) is 30.8 Å². The average molecular weight is 375 g/mol. The van der Waals surface area contributed by atoms with E-state index in [1.165, 1.54) is 0 Å². The maximum absolute atomic E-state index is 12.4. The van der Waals surface area contributed by atoms with Gasteiger partial charge in [0.05, 0.1) is 10.8 Å². The molecule has 2 unspecified atom stereocenters. The minimum atomic E-state index is -1.22. The van der Waals surface area contributed by atoms with Gasteiger partial charge in [-0.05, 0) is 25.1 Å². The molecule has 0 radical (unpaired) electrons. The Labute approximate surface area is 150 Å². The van der Waals surface area contributed by atoms with Crippen LogP contribution in [0.25, 0.3) is 0 Å². The molecule has 134 valence electrons. The van der Waals surface area contributed by atoms with Crippen LogP contribution in [0, 0.1) is 0 Å². The third kappa shape index (κ3) is 4.40. The Bertz CT molecular complexity index is 608. The maximum atomic E-state index is 12.4. The lowest BCUT2D eigenvalue weighted by molar-refractivity contribution is -0.131. The number of nitrogens with zero attached hydrogens (tertiary/aromatic N) is 1. The second-order valence-corrected chi connectivity index (χ2v) is 7.33. The van der Waals surface area contributed by atoms with Gasteiger partial charge in [-0.1, -0.05) is 0 Å². The molecular weight excluding hydrogens is 352 g/mol. The summed E-state index contributed by atoms with van der Waals surface area (Å²) in [7, 11) is 0.608. The lowest BCUT2D eigenvalue weighted by Gasteiger charge is -2.23. The summed E-state index contributed by atoms with van der Waals surface area (Å²) in [5.41, 5.74) is 0. The maximum Gasteiger partial charge on any atom is 0.223 e. The number of benzene rings is 1.